The number of hydrogen-bond acceptors (Lipinski definition) is 4. The Morgan fingerprint density at radius 2 is 1.96 bits per heavy atom. The number of nitrogens with one attached hydrogen (secondary N) is 3. The largest absolute Gasteiger partial charge is 0.360 e. The van der Waals surface area contributed by atoms with E-state index in [1.165, 1.54) is 12.1 Å². The lowest BCUT2D eigenvalue weighted by Gasteiger charge is -2.16. The van der Waals surface area contributed by atoms with Gasteiger partial charge in [0.25, 0.3) is 0 Å². The van der Waals surface area contributed by atoms with E-state index in [0.29, 0.717) is 16.9 Å². The Labute approximate surface area is 147 Å². The quantitative estimate of drug-likeness (QED) is 0.683. The molecule has 0 aliphatic carbocycles. The number of rotatable bonds is 6. The van der Waals surface area contributed by atoms with Gasteiger partial charge in [0.1, 0.15) is 11.6 Å². The molecule has 0 aliphatic rings. The second kappa shape index (κ2) is 8.54. The smallest absolute Gasteiger partial charge is 0.231 e. The molecule has 0 saturated carbocycles. The van der Waals surface area contributed by atoms with Crippen LogP contribution in [0.3, 0.4) is 0 Å². The van der Waals surface area contributed by atoms with Gasteiger partial charge in [-0.05, 0) is 56.8 Å². The van der Waals surface area contributed by atoms with Crippen LogP contribution in [0, 0.1) is 12.7 Å². The molecule has 1 aromatic heterocycles. The van der Waals surface area contributed by atoms with Gasteiger partial charge in [-0.25, -0.2) is 9.37 Å². The summed E-state index contributed by atoms with van der Waals surface area (Å²) in [6.45, 7) is 6.08. The summed E-state index contributed by atoms with van der Waals surface area (Å²) in [5.41, 5.74) is 1.54. The second-order valence-electron chi connectivity index (χ2n) is 5.64. The maximum Gasteiger partial charge on any atom is 0.231 e. The molecule has 0 fully saturated rings. The van der Waals surface area contributed by atoms with Crippen LogP contribution in [0.1, 0.15) is 32.4 Å². The normalized spacial score (nSPS) is 11.7. The Morgan fingerprint density at radius 1 is 1.25 bits per heavy atom. The van der Waals surface area contributed by atoms with Gasteiger partial charge in [0, 0.05) is 23.5 Å². The van der Waals surface area contributed by atoms with Crippen LogP contribution in [0.4, 0.5) is 21.8 Å². The van der Waals surface area contributed by atoms with Crippen molar-refractivity contribution in [1.82, 2.24) is 15.3 Å². The summed E-state index contributed by atoms with van der Waals surface area (Å²) in [5, 5.41) is 9.83. The number of anilines is 3. The Hall–Kier alpha value is -2.28. The van der Waals surface area contributed by atoms with E-state index < -0.39 is 0 Å². The number of aryl methyl sites for hydroxylation is 1. The van der Waals surface area contributed by atoms with Gasteiger partial charge < -0.3 is 16.0 Å². The summed E-state index contributed by atoms with van der Waals surface area (Å²) < 4.78 is 13.0. The Balaban J connectivity index is 2.05. The first-order valence-electron chi connectivity index (χ1n) is 7.92. The van der Waals surface area contributed by atoms with Crippen molar-refractivity contribution in [2.24, 2.45) is 0 Å². The minimum absolute atomic E-state index is 0.278. The van der Waals surface area contributed by atoms with Crippen LogP contribution in [0.2, 0.25) is 0 Å². The molecule has 0 spiro atoms. The van der Waals surface area contributed by atoms with Crippen LogP contribution in [-0.2, 0) is 0 Å². The zero-order chi connectivity index (χ0) is 17.5. The van der Waals surface area contributed by atoms with E-state index >= 15 is 0 Å². The molecule has 1 atom stereocenters. The number of halogens is 1. The van der Waals surface area contributed by atoms with Gasteiger partial charge in [-0.15, -0.1) is 0 Å². The lowest BCUT2D eigenvalue weighted by molar-refractivity contribution is 0.599. The standard InChI is InChI=1S/C17H22FN5S/c1-4-5-11(2)20-17(24)23-16-19-12(3)10-15(22-16)21-14-8-6-13(18)7-9-14/h6-11H,4-5H2,1-3H3,(H3,19,20,21,22,23,24). The number of nitrogens with zero attached hydrogens (tertiary/aromatic N) is 2. The molecule has 0 saturated heterocycles. The third-order valence-electron chi connectivity index (χ3n) is 3.30. The minimum Gasteiger partial charge on any atom is -0.360 e. The van der Waals surface area contributed by atoms with Crippen LogP contribution in [0.5, 0.6) is 0 Å². The number of aromatic nitrogens is 2. The molecule has 0 radical (unpaired) electrons. The molecule has 7 heteroatoms. The second-order valence-corrected chi connectivity index (χ2v) is 6.05. The first kappa shape index (κ1) is 18.1. The van der Waals surface area contributed by atoms with E-state index in [-0.39, 0.29) is 11.9 Å². The van der Waals surface area contributed by atoms with Gasteiger partial charge in [0.2, 0.25) is 5.95 Å². The SMILES string of the molecule is CCCC(C)NC(=S)Nc1nc(C)cc(Nc2ccc(F)cc2)n1. The molecule has 1 unspecified atom stereocenters. The predicted octanol–water partition coefficient (Wildman–Crippen LogP) is 4.14. The third-order valence-corrected chi connectivity index (χ3v) is 3.52. The van der Waals surface area contributed by atoms with E-state index in [4.69, 9.17) is 12.2 Å². The van der Waals surface area contributed by atoms with Crippen molar-refractivity contribution in [2.75, 3.05) is 10.6 Å². The predicted molar refractivity (Wildman–Crippen MR) is 100 cm³/mol. The molecule has 2 aromatic rings. The van der Waals surface area contributed by atoms with Gasteiger partial charge in [0.15, 0.2) is 5.11 Å². The van der Waals surface area contributed by atoms with E-state index in [9.17, 15) is 4.39 Å². The van der Waals surface area contributed by atoms with Crippen LogP contribution < -0.4 is 16.0 Å². The Morgan fingerprint density at radius 3 is 2.62 bits per heavy atom. The van der Waals surface area contributed by atoms with Crippen molar-refractivity contribution in [3.05, 3.63) is 41.8 Å². The Bertz CT molecular complexity index is 690. The number of hydrogen-bond donors (Lipinski definition) is 3. The third kappa shape index (κ3) is 5.73. The van der Waals surface area contributed by atoms with Crippen molar-refractivity contribution in [3.8, 4) is 0 Å². The van der Waals surface area contributed by atoms with Crippen molar-refractivity contribution in [1.29, 1.82) is 0 Å². The lowest BCUT2D eigenvalue weighted by atomic mass is 10.2. The summed E-state index contributed by atoms with van der Waals surface area (Å²) in [7, 11) is 0. The van der Waals surface area contributed by atoms with Crippen molar-refractivity contribution in [2.45, 2.75) is 39.7 Å². The zero-order valence-electron chi connectivity index (χ0n) is 14.1. The topological polar surface area (TPSA) is 61.9 Å². The van der Waals surface area contributed by atoms with E-state index in [1.807, 2.05) is 13.0 Å². The first-order valence-corrected chi connectivity index (χ1v) is 8.33. The number of benzene rings is 1. The summed E-state index contributed by atoms with van der Waals surface area (Å²) in [4.78, 5) is 8.72. The van der Waals surface area contributed by atoms with Crippen molar-refractivity contribution >= 4 is 34.8 Å². The summed E-state index contributed by atoms with van der Waals surface area (Å²) in [6, 6.07) is 8.19. The molecule has 3 N–H and O–H groups in total. The fourth-order valence-corrected chi connectivity index (χ4v) is 2.53. The highest BCUT2D eigenvalue weighted by molar-refractivity contribution is 7.80. The van der Waals surface area contributed by atoms with Gasteiger partial charge in [-0.3, -0.25) is 0 Å². The summed E-state index contributed by atoms with van der Waals surface area (Å²) in [6.07, 6.45) is 2.12. The molecular formula is C17H22FN5S. The van der Waals surface area contributed by atoms with Crippen molar-refractivity contribution in [3.63, 3.8) is 0 Å². The maximum absolute atomic E-state index is 13.0. The average molecular weight is 347 g/mol. The van der Waals surface area contributed by atoms with E-state index in [1.54, 1.807) is 12.1 Å². The lowest BCUT2D eigenvalue weighted by Crippen LogP contribution is -2.36. The highest BCUT2D eigenvalue weighted by Gasteiger charge is 2.07. The first-order chi connectivity index (χ1) is 11.5. The van der Waals surface area contributed by atoms with Crippen LogP contribution in [-0.4, -0.2) is 21.1 Å². The van der Waals surface area contributed by atoms with E-state index in [2.05, 4.69) is 39.8 Å². The fraction of sp³-hybridized carbons (Fsp3) is 0.353. The number of thiocarbonyl (C=S) groups is 1. The van der Waals surface area contributed by atoms with Crippen LogP contribution in [0.15, 0.2) is 30.3 Å². The molecule has 0 aliphatic heterocycles. The molecule has 1 heterocycles. The molecule has 24 heavy (non-hydrogen) atoms. The fourth-order valence-electron chi connectivity index (χ4n) is 2.24. The van der Waals surface area contributed by atoms with Crippen molar-refractivity contribution < 1.29 is 4.39 Å². The van der Waals surface area contributed by atoms with Gasteiger partial charge in [-0.2, -0.15) is 4.98 Å². The molecule has 5 nitrogen and oxygen atoms in total. The minimum atomic E-state index is -0.278. The van der Waals surface area contributed by atoms with Gasteiger partial charge in [-0.1, -0.05) is 13.3 Å². The highest BCUT2D eigenvalue weighted by atomic mass is 32.1. The summed E-state index contributed by atoms with van der Waals surface area (Å²) in [5.74, 6) is 0.751. The molecule has 2 rings (SSSR count). The van der Waals surface area contributed by atoms with Crippen LogP contribution in [0.25, 0.3) is 0 Å². The van der Waals surface area contributed by atoms with Crippen LogP contribution >= 0.6 is 12.2 Å². The molecule has 0 bridgehead atoms. The maximum atomic E-state index is 13.0. The van der Waals surface area contributed by atoms with Gasteiger partial charge >= 0.3 is 0 Å². The van der Waals surface area contributed by atoms with Gasteiger partial charge in [0.05, 0.1) is 0 Å². The molecular weight excluding hydrogens is 325 g/mol. The Kier molecular flexibility index (Phi) is 6.43. The molecule has 1 aromatic carbocycles. The average Bonchev–Trinajstić information content (AvgIpc) is 2.49. The summed E-state index contributed by atoms with van der Waals surface area (Å²) >= 11 is 5.29. The molecule has 128 valence electrons. The highest BCUT2D eigenvalue weighted by Crippen LogP contribution is 2.17. The van der Waals surface area contributed by atoms with E-state index in [0.717, 1.165) is 24.2 Å². The molecule has 0 amide bonds. The monoisotopic (exact) mass is 347 g/mol. The zero-order valence-corrected chi connectivity index (χ0v) is 14.9.